The van der Waals surface area contributed by atoms with E-state index in [2.05, 4.69) is 0 Å². The predicted molar refractivity (Wildman–Crippen MR) is 250 cm³/mol. The Morgan fingerprint density at radius 2 is 1.18 bits per heavy atom. The summed E-state index contributed by atoms with van der Waals surface area (Å²) >= 11 is 0. The van der Waals surface area contributed by atoms with E-state index in [0.717, 1.165) is 0 Å². The first-order valence-corrected chi connectivity index (χ1v) is 28.6. The van der Waals surface area contributed by atoms with Gasteiger partial charge in [0.1, 0.15) is 18.1 Å². The average Bonchev–Trinajstić information content (AvgIpc) is 3.55. The standard InChI is InChI=1S/C44H52N2O16S5/c1-43(2)36-28-34(66(56,57)58)18-20-38(36)45(24-5-7-26-63(47,48)49)40(43)22-12-30-10-9-11-31(42(30)62-32-14-16-33(17-15-32)65(53,54)55)13-23-41-44(3,4)37-29-35(67(59,60)61)19-21-39(37)46(41)25-6-8-27-64(50,51)52/h12-23,28-29H,5-11,24-27H2,1-4H3,(H4-,47,48,49,50,51,52,53,54,55,56,57,58,59,60,61)/p+1. The Morgan fingerprint density at radius 1 is 0.627 bits per heavy atom. The smallest absolute Gasteiger partial charge is 0.294 e. The molecule has 0 saturated carbocycles. The number of allylic oxidation sites excluding steroid dienone is 7. The van der Waals surface area contributed by atoms with Crippen LogP contribution in [0.15, 0.2) is 122 Å². The first-order valence-electron chi connectivity index (χ1n) is 21.0. The summed E-state index contributed by atoms with van der Waals surface area (Å²) in [5.74, 6) is -0.313. The van der Waals surface area contributed by atoms with Gasteiger partial charge in [-0.15, -0.1) is 0 Å². The minimum atomic E-state index is -4.58. The van der Waals surface area contributed by atoms with E-state index in [-0.39, 0.29) is 46.4 Å². The molecule has 3 aromatic carbocycles. The Balaban J connectivity index is 1.49. The zero-order valence-electron chi connectivity index (χ0n) is 37.0. The second-order valence-corrected chi connectivity index (χ2v) is 25.0. The molecule has 1 aliphatic carbocycles. The second kappa shape index (κ2) is 19.1. The van der Waals surface area contributed by atoms with Crippen LogP contribution >= 0.6 is 0 Å². The van der Waals surface area contributed by atoms with Crippen LogP contribution in [0.25, 0.3) is 0 Å². The molecule has 18 nitrogen and oxygen atoms in total. The first-order chi connectivity index (χ1) is 30.9. The molecule has 5 N–H and O–H groups in total. The van der Waals surface area contributed by atoms with Crippen LogP contribution in [-0.2, 0) is 61.4 Å². The van der Waals surface area contributed by atoms with E-state index >= 15 is 0 Å². The highest BCUT2D eigenvalue weighted by Crippen LogP contribution is 2.49. The topological polar surface area (TPSA) is 287 Å². The van der Waals surface area contributed by atoms with Gasteiger partial charge < -0.3 is 9.64 Å². The van der Waals surface area contributed by atoms with E-state index in [9.17, 15) is 64.9 Å². The molecule has 67 heavy (non-hydrogen) atoms. The molecule has 0 radical (unpaired) electrons. The first kappa shape index (κ1) is 51.8. The van der Waals surface area contributed by atoms with Crippen LogP contribution in [0.1, 0.15) is 83.8 Å². The van der Waals surface area contributed by atoms with Gasteiger partial charge >= 0.3 is 0 Å². The quantitative estimate of drug-likeness (QED) is 0.0496. The lowest BCUT2D eigenvalue weighted by molar-refractivity contribution is -0.438. The van der Waals surface area contributed by atoms with Crippen molar-refractivity contribution in [2.24, 2.45) is 0 Å². The molecule has 2 heterocycles. The Labute approximate surface area is 391 Å². The summed E-state index contributed by atoms with van der Waals surface area (Å²) in [5, 5.41) is 0. The van der Waals surface area contributed by atoms with Gasteiger partial charge in [0.15, 0.2) is 5.71 Å². The number of ether oxygens (including phenoxy) is 1. The highest BCUT2D eigenvalue weighted by atomic mass is 32.2. The third kappa shape index (κ3) is 12.2. The number of hydrogen-bond donors (Lipinski definition) is 5. The van der Waals surface area contributed by atoms with E-state index in [1.54, 1.807) is 12.1 Å². The monoisotopic (exact) mass is 1030 g/mol. The molecule has 0 aromatic heterocycles. The van der Waals surface area contributed by atoms with Crippen molar-refractivity contribution in [1.29, 1.82) is 0 Å². The number of hydrogen-bond acceptors (Lipinski definition) is 12. The van der Waals surface area contributed by atoms with Crippen LogP contribution in [-0.4, -0.2) is 99.7 Å². The molecule has 0 fully saturated rings. The Hall–Kier alpha value is -4.56. The maximum Gasteiger partial charge on any atom is 0.294 e. The van der Waals surface area contributed by atoms with Crippen molar-refractivity contribution in [3.8, 4) is 5.75 Å². The lowest BCUT2D eigenvalue weighted by atomic mass is 9.81. The van der Waals surface area contributed by atoms with Crippen LogP contribution in [0.2, 0.25) is 0 Å². The van der Waals surface area contributed by atoms with Gasteiger partial charge in [0.2, 0.25) is 5.69 Å². The van der Waals surface area contributed by atoms with E-state index in [1.165, 1.54) is 48.5 Å². The second-order valence-electron chi connectivity index (χ2n) is 17.6. The van der Waals surface area contributed by atoms with Crippen LogP contribution < -0.4 is 9.64 Å². The summed E-state index contributed by atoms with van der Waals surface area (Å²) in [7, 11) is -22.1. The molecule has 0 amide bonds. The zero-order valence-corrected chi connectivity index (χ0v) is 41.1. The van der Waals surface area contributed by atoms with Crippen LogP contribution in [0, 0.1) is 0 Å². The summed E-state index contributed by atoms with van der Waals surface area (Å²) < 4.78 is 175. The van der Waals surface area contributed by atoms with Crippen molar-refractivity contribution in [3.63, 3.8) is 0 Å². The Morgan fingerprint density at radius 3 is 1.76 bits per heavy atom. The number of unbranched alkanes of at least 4 members (excludes halogenated alkanes) is 2. The number of anilines is 1. The number of rotatable bonds is 18. The van der Waals surface area contributed by atoms with Gasteiger partial charge in [-0.1, -0.05) is 19.9 Å². The van der Waals surface area contributed by atoms with Crippen LogP contribution in [0.4, 0.5) is 11.4 Å². The average molecular weight is 1030 g/mol. The van der Waals surface area contributed by atoms with Gasteiger partial charge in [-0.2, -0.15) is 46.7 Å². The lowest BCUT2D eigenvalue weighted by Crippen LogP contribution is -2.28. The molecule has 23 heteroatoms. The molecule has 2 aliphatic heterocycles. The van der Waals surface area contributed by atoms with Gasteiger partial charge in [-0.3, -0.25) is 22.8 Å². The molecular weight excluding hydrogens is 973 g/mol. The highest BCUT2D eigenvalue weighted by Gasteiger charge is 2.45. The normalized spacial score (nSPS) is 18.9. The van der Waals surface area contributed by atoms with Crippen molar-refractivity contribution < 1.29 is 74.2 Å². The van der Waals surface area contributed by atoms with Crippen molar-refractivity contribution in [3.05, 3.63) is 119 Å². The van der Waals surface area contributed by atoms with Gasteiger partial charge in [-0.25, -0.2) is 0 Å². The number of fused-ring (bicyclic) bond motifs is 2. The van der Waals surface area contributed by atoms with Gasteiger partial charge in [0, 0.05) is 47.5 Å². The van der Waals surface area contributed by atoms with Crippen molar-refractivity contribution in [2.75, 3.05) is 29.5 Å². The predicted octanol–water partition coefficient (Wildman–Crippen LogP) is 6.82. The molecule has 3 aliphatic rings. The molecule has 0 bridgehead atoms. The summed E-state index contributed by atoms with van der Waals surface area (Å²) in [5.41, 5.74) is 3.39. The number of nitrogens with zero attached hydrogens (tertiary/aromatic N) is 2. The fourth-order valence-corrected chi connectivity index (χ4v) is 11.4. The van der Waals surface area contributed by atoms with Crippen LogP contribution in [0.5, 0.6) is 5.75 Å². The van der Waals surface area contributed by atoms with Gasteiger partial charge in [-0.05, 0) is 136 Å². The summed E-state index contributed by atoms with van der Waals surface area (Å²) in [6.07, 6.45) is 9.85. The molecule has 364 valence electrons. The molecule has 6 rings (SSSR count). The fraction of sp³-hybridized carbons (Fsp3) is 0.386. The van der Waals surface area contributed by atoms with E-state index in [1.807, 2.05) is 61.5 Å². The highest BCUT2D eigenvalue weighted by molar-refractivity contribution is 7.86. The van der Waals surface area contributed by atoms with Crippen LogP contribution in [0.3, 0.4) is 0 Å². The lowest BCUT2D eigenvalue weighted by Gasteiger charge is -2.27. The minimum absolute atomic E-state index is 0.125. The Kier molecular flexibility index (Phi) is 14.8. The molecule has 0 unspecified atom stereocenters. The minimum Gasteiger partial charge on any atom is -0.457 e. The van der Waals surface area contributed by atoms with Gasteiger partial charge in [0.05, 0.1) is 31.6 Å². The summed E-state index contributed by atoms with van der Waals surface area (Å²) in [6.45, 7) is 8.02. The van der Waals surface area contributed by atoms with E-state index in [4.69, 9.17) is 4.74 Å². The fourth-order valence-electron chi connectivity index (χ4n) is 8.73. The zero-order chi connectivity index (χ0) is 49.5. The van der Waals surface area contributed by atoms with Gasteiger partial charge in [0.25, 0.3) is 50.6 Å². The summed E-state index contributed by atoms with van der Waals surface area (Å²) in [6, 6.07) is 13.6. The summed E-state index contributed by atoms with van der Waals surface area (Å²) in [4.78, 5) is 0.938. The van der Waals surface area contributed by atoms with Crippen molar-refractivity contribution >= 4 is 67.7 Å². The molecule has 0 saturated heterocycles. The molecule has 0 atom stereocenters. The van der Waals surface area contributed by atoms with Crippen molar-refractivity contribution in [1.82, 2.24) is 0 Å². The molecular formula is C44H53N2O16S5+. The number of benzene rings is 3. The molecule has 3 aromatic rings. The largest absolute Gasteiger partial charge is 0.457 e. The third-order valence-electron chi connectivity index (χ3n) is 12.1. The third-order valence-corrected chi connectivity index (χ3v) is 16.3. The Bertz CT molecular complexity index is 3200. The SMILES string of the molecule is CC1(C)C(/C=C/C2=C(Oc3ccc(S(=O)(=O)O)cc3)C(=C\C=C3/N(CCCCS(=O)(=O)O)c4ccc(S(=O)(=O)O)cc4C3(C)C)/CCC2)=[N+](CCCCS(=O)(=O)O)c2ccc(S(=O)(=O)O)cc21. The maximum absolute atomic E-state index is 12.2. The van der Waals surface area contributed by atoms with Crippen molar-refractivity contribution in [2.45, 2.75) is 98.2 Å². The molecule has 0 spiro atoms. The van der Waals surface area contributed by atoms with E-state index < -0.39 is 72.9 Å². The maximum atomic E-state index is 12.2. The van der Waals surface area contributed by atoms with E-state index in [0.29, 0.717) is 82.9 Å².